The van der Waals surface area contributed by atoms with Gasteiger partial charge in [-0.1, -0.05) is 13.8 Å². The van der Waals surface area contributed by atoms with Crippen LogP contribution in [0.1, 0.15) is 20.8 Å². The van der Waals surface area contributed by atoms with Gasteiger partial charge in [0.2, 0.25) is 5.91 Å². The van der Waals surface area contributed by atoms with Crippen molar-refractivity contribution in [3.63, 3.8) is 0 Å². The van der Waals surface area contributed by atoms with Crippen molar-refractivity contribution in [3.8, 4) is 0 Å². The third kappa shape index (κ3) is 20.5. The molecule has 178 valence electrons. The van der Waals surface area contributed by atoms with Crippen molar-refractivity contribution in [1.82, 2.24) is 5.32 Å². The van der Waals surface area contributed by atoms with Gasteiger partial charge in [0.05, 0.1) is 77.9 Å². The Labute approximate surface area is 185 Å². The molecule has 0 radical (unpaired) electrons. The van der Waals surface area contributed by atoms with Crippen molar-refractivity contribution in [2.45, 2.75) is 26.0 Å². The number of carbonyl (C=O) groups excluding carboxylic acids is 2. The van der Waals surface area contributed by atoms with Crippen LogP contribution in [0, 0.1) is 5.92 Å². The molecule has 0 aliphatic rings. The SMILES string of the molecule is CC(C)C(=O)COCCOCCOCCOCCOCCOCCNC(=O)C(C)S. The number of hydrogen-bond acceptors (Lipinski definition) is 9. The van der Waals surface area contributed by atoms with E-state index in [9.17, 15) is 9.59 Å². The van der Waals surface area contributed by atoms with Gasteiger partial charge in [-0.15, -0.1) is 0 Å². The van der Waals surface area contributed by atoms with E-state index in [0.717, 1.165) is 0 Å². The maximum absolute atomic E-state index is 11.3. The molecule has 0 aromatic heterocycles. The van der Waals surface area contributed by atoms with E-state index in [1.807, 2.05) is 13.8 Å². The van der Waals surface area contributed by atoms with Crippen molar-refractivity contribution in [2.75, 3.05) is 85.8 Å². The number of thiol groups is 1. The van der Waals surface area contributed by atoms with Gasteiger partial charge in [0.15, 0.2) is 5.78 Å². The monoisotopic (exact) mass is 453 g/mol. The summed E-state index contributed by atoms with van der Waals surface area (Å²) < 4.78 is 32.1. The standard InChI is InChI=1S/C20H39NO8S/c1-17(2)19(22)16-29-15-14-28-13-12-27-11-10-26-9-8-25-7-6-24-5-4-21-20(23)18(3)30/h17-18,30H,4-16H2,1-3H3,(H,21,23). The summed E-state index contributed by atoms with van der Waals surface area (Å²) in [5, 5.41) is 2.39. The van der Waals surface area contributed by atoms with E-state index >= 15 is 0 Å². The van der Waals surface area contributed by atoms with Crippen molar-refractivity contribution in [1.29, 1.82) is 0 Å². The molecule has 0 aliphatic heterocycles. The van der Waals surface area contributed by atoms with Gasteiger partial charge >= 0.3 is 0 Å². The van der Waals surface area contributed by atoms with E-state index in [-0.39, 0.29) is 29.5 Å². The second-order valence-corrected chi connectivity index (χ2v) is 7.48. The molecular weight excluding hydrogens is 414 g/mol. The predicted octanol–water partition coefficient (Wildman–Crippen LogP) is 0.746. The fraction of sp³-hybridized carbons (Fsp3) is 0.900. The largest absolute Gasteiger partial charge is 0.377 e. The Balaban J connectivity index is 3.11. The van der Waals surface area contributed by atoms with Crippen LogP contribution in [0.5, 0.6) is 0 Å². The van der Waals surface area contributed by atoms with Gasteiger partial charge in [-0.2, -0.15) is 12.6 Å². The van der Waals surface area contributed by atoms with Gasteiger partial charge in [-0.25, -0.2) is 0 Å². The van der Waals surface area contributed by atoms with Crippen LogP contribution in [0.25, 0.3) is 0 Å². The molecule has 0 aliphatic carbocycles. The number of nitrogens with one attached hydrogen (secondary N) is 1. The highest BCUT2D eigenvalue weighted by molar-refractivity contribution is 7.81. The summed E-state index contributed by atoms with van der Waals surface area (Å²) >= 11 is 4.03. The Kier molecular flexibility index (Phi) is 20.9. The molecule has 1 amide bonds. The molecule has 0 saturated heterocycles. The van der Waals surface area contributed by atoms with Crippen LogP contribution in [0.15, 0.2) is 0 Å². The smallest absolute Gasteiger partial charge is 0.232 e. The highest BCUT2D eigenvalue weighted by Crippen LogP contribution is 1.94. The van der Waals surface area contributed by atoms with Crippen LogP contribution in [0.4, 0.5) is 0 Å². The molecule has 30 heavy (non-hydrogen) atoms. The minimum atomic E-state index is -0.314. The van der Waals surface area contributed by atoms with Crippen LogP contribution in [0.3, 0.4) is 0 Å². The minimum absolute atomic E-state index is 0.000994. The lowest BCUT2D eigenvalue weighted by atomic mass is 10.1. The van der Waals surface area contributed by atoms with Crippen molar-refractivity contribution in [3.05, 3.63) is 0 Å². The van der Waals surface area contributed by atoms with Gasteiger partial charge in [-0.3, -0.25) is 9.59 Å². The summed E-state index contributed by atoms with van der Waals surface area (Å²) in [6.07, 6.45) is 0. The Hall–Kier alpha value is -0.750. The molecule has 0 aromatic carbocycles. The number of amides is 1. The molecule has 9 nitrogen and oxygen atoms in total. The number of Topliss-reactive ketones (excluding diaryl/α,β-unsaturated/α-hetero) is 1. The van der Waals surface area contributed by atoms with E-state index in [1.54, 1.807) is 6.92 Å². The summed E-state index contributed by atoms with van der Waals surface area (Å²) in [6, 6.07) is 0. The topological polar surface area (TPSA) is 102 Å². The zero-order valence-corrected chi connectivity index (χ0v) is 19.5. The number of hydrogen-bond donors (Lipinski definition) is 2. The average molecular weight is 454 g/mol. The zero-order chi connectivity index (χ0) is 22.5. The number of carbonyl (C=O) groups is 2. The maximum Gasteiger partial charge on any atom is 0.232 e. The summed E-state index contributed by atoms with van der Waals surface area (Å²) in [4.78, 5) is 22.6. The molecule has 0 spiro atoms. The number of ketones is 1. The van der Waals surface area contributed by atoms with Gasteiger partial charge in [-0.05, 0) is 6.92 Å². The van der Waals surface area contributed by atoms with Crippen molar-refractivity contribution < 1.29 is 38.0 Å². The minimum Gasteiger partial charge on any atom is -0.377 e. The molecule has 1 N–H and O–H groups in total. The van der Waals surface area contributed by atoms with E-state index in [0.29, 0.717) is 79.2 Å². The lowest BCUT2D eigenvalue weighted by Crippen LogP contribution is -2.32. The first-order chi connectivity index (χ1) is 14.4. The van der Waals surface area contributed by atoms with E-state index in [1.165, 1.54) is 0 Å². The summed E-state index contributed by atoms with van der Waals surface area (Å²) in [5.41, 5.74) is 0. The molecule has 0 fully saturated rings. The van der Waals surface area contributed by atoms with Crippen LogP contribution in [-0.4, -0.2) is 103 Å². The normalized spacial score (nSPS) is 12.3. The predicted molar refractivity (Wildman–Crippen MR) is 116 cm³/mol. The summed E-state index contributed by atoms with van der Waals surface area (Å²) in [5.74, 6) is -0.00708. The van der Waals surface area contributed by atoms with Gasteiger partial charge in [0.25, 0.3) is 0 Å². The molecular formula is C20H39NO8S. The Morgan fingerprint density at radius 2 is 1.03 bits per heavy atom. The Morgan fingerprint density at radius 3 is 1.40 bits per heavy atom. The van der Waals surface area contributed by atoms with Crippen LogP contribution in [-0.2, 0) is 38.0 Å². The summed E-state index contributed by atoms with van der Waals surface area (Å²) in [6.45, 7) is 11.2. The van der Waals surface area contributed by atoms with Gasteiger partial charge in [0.1, 0.15) is 6.61 Å². The Morgan fingerprint density at radius 1 is 0.667 bits per heavy atom. The lowest BCUT2D eigenvalue weighted by Gasteiger charge is -2.09. The lowest BCUT2D eigenvalue weighted by molar-refractivity contribution is -0.127. The fourth-order valence-electron chi connectivity index (χ4n) is 1.83. The average Bonchev–Trinajstić information content (AvgIpc) is 2.71. The number of ether oxygens (including phenoxy) is 6. The first-order valence-corrected chi connectivity index (χ1v) is 10.9. The maximum atomic E-state index is 11.3. The molecule has 0 saturated carbocycles. The molecule has 0 bridgehead atoms. The van der Waals surface area contributed by atoms with E-state index in [4.69, 9.17) is 28.4 Å². The highest BCUT2D eigenvalue weighted by Gasteiger charge is 2.06. The first kappa shape index (κ1) is 29.2. The van der Waals surface area contributed by atoms with Gasteiger partial charge in [0, 0.05) is 12.5 Å². The molecule has 1 atom stereocenters. The second-order valence-electron chi connectivity index (χ2n) is 6.70. The number of rotatable bonds is 22. The molecule has 0 rings (SSSR count). The zero-order valence-electron chi connectivity index (χ0n) is 18.6. The Bertz CT molecular complexity index is 386. The second kappa shape index (κ2) is 21.5. The van der Waals surface area contributed by atoms with Gasteiger partial charge < -0.3 is 33.7 Å². The van der Waals surface area contributed by atoms with Crippen LogP contribution >= 0.6 is 12.6 Å². The van der Waals surface area contributed by atoms with Crippen molar-refractivity contribution in [2.24, 2.45) is 5.92 Å². The third-order valence-corrected chi connectivity index (χ3v) is 3.91. The molecule has 10 heteroatoms. The third-order valence-electron chi connectivity index (χ3n) is 3.67. The molecule has 0 aromatic rings. The quantitative estimate of drug-likeness (QED) is 0.183. The van der Waals surface area contributed by atoms with Crippen LogP contribution in [0.2, 0.25) is 0 Å². The first-order valence-electron chi connectivity index (χ1n) is 10.4. The fourth-order valence-corrected chi connectivity index (χ4v) is 1.92. The van der Waals surface area contributed by atoms with Crippen molar-refractivity contribution >= 4 is 24.3 Å². The van der Waals surface area contributed by atoms with E-state index < -0.39 is 0 Å². The molecule has 0 heterocycles. The molecule has 1 unspecified atom stereocenters. The highest BCUT2D eigenvalue weighted by atomic mass is 32.1. The summed E-state index contributed by atoms with van der Waals surface area (Å²) in [7, 11) is 0. The van der Waals surface area contributed by atoms with Crippen LogP contribution < -0.4 is 5.32 Å². The van der Waals surface area contributed by atoms with E-state index in [2.05, 4.69) is 17.9 Å².